The highest BCUT2D eigenvalue weighted by Crippen LogP contribution is 2.36. The molecule has 0 bridgehead atoms. The van der Waals surface area contributed by atoms with E-state index in [1.54, 1.807) is 0 Å². The van der Waals surface area contributed by atoms with Crippen LogP contribution in [0.2, 0.25) is 5.02 Å². The Kier molecular flexibility index (Phi) is 6.32. The zero-order chi connectivity index (χ0) is 17.5. The topological polar surface area (TPSA) is 65.0 Å². The molecule has 0 heterocycles. The quantitative estimate of drug-likeness (QED) is 0.727. The average Bonchev–Trinajstić information content (AvgIpc) is 2.59. The number of aryl methyl sites for hydroxylation is 1. The molecule has 0 spiro atoms. The van der Waals surface area contributed by atoms with E-state index in [1.165, 1.54) is 24.8 Å². The van der Waals surface area contributed by atoms with Crippen molar-refractivity contribution in [2.75, 3.05) is 20.3 Å². The maximum Gasteiger partial charge on any atom is 0.335 e. The number of carbonyl (C=O) groups is 1. The van der Waals surface area contributed by atoms with E-state index in [-0.39, 0.29) is 22.9 Å². The van der Waals surface area contributed by atoms with Gasteiger partial charge in [-0.15, -0.1) is 0 Å². The van der Waals surface area contributed by atoms with Crippen LogP contribution < -0.4 is 14.2 Å². The van der Waals surface area contributed by atoms with Crippen LogP contribution >= 0.6 is 11.6 Å². The lowest BCUT2D eigenvalue weighted by Crippen LogP contribution is -2.10. The number of methoxy groups -OCH3 is 1. The number of halogens is 1. The van der Waals surface area contributed by atoms with Crippen LogP contribution in [-0.2, 0) is 6.42 Å². The lowest BCUT2D eigenvalue weighted by atomic mass is 10.2. The van der Waals surface area contributed by atoms with Crippen LogP contribution in [0.1, 0.15) is 22.8 Å². The fourth-order valence-corrected chi connectivity index (χ4v) is 2.37. The van der Waals surface area contributed by atoms with E-state index in [0.29, 0.717) is 12.4 Å². The predicted octanol–water partition coefficient (Wildman–Crippen LogP) is 4.07. The molecule has 0 saturated carbocycles. The summed E-state index contributed by atoms with van der Waals surface area (Å²) in [6.45, 7) is 2.67. The Morgan fingerprint density at radius 2 is 1.79 bits per heavy atom. The van der Waals surface area contributed by atoms with Gasteiger partial charge in [0.05, 0.1) is 17.7 Å². The second-order valence-corrected chi connectivity index (χ2v) is 5.40. The molecule has 0 radical (unpaired) electrons. The van der Waals surface area contributed by atoms with E-state index in [0.717, 1.165) is 12.2 Å². The highest BCUT2D eigenvalue weighted by molar-refractivity contribution is 6.32. The summed E-state index contributed by atoms with van der Waals surface area (Å²) >= 11 is 6.08. The Balaban J connectivity index is 1.95. The average molecular weight is 351 g/mol. The van der Waals surface area contributed by atoms with Gasteiger partial charge in [0.25, 0.3) is 0 Å². The molecule has 1 N–H and O–H groups in total. The minimum atomic E-state index is -1.08. The molecule has 0 aliphatic heterocycles. The fraction of sp³-hybridized carbons (Fsp3) is 0.278. The van der Waals surface area contributed by atoms with Gasteiger partial charge in [-0.05, 0) is 36.2 Å². The third-order valence-electron chi connectivity index (χ3n) is 3.41. The molecular weight excluding hydrogens is 332 g/mol. The molecule has 2 aromatic rings. The number of hydrogen-bond acceptors (Lipinski definition) is 4. The molecule has 5 nitrogen and oxygen atoms in total. The maximum atomic E-state index is 11.0. The van der Waals surface area contributed by atoms with Crippen molar-refractivity contribution in [2.24, 2.45) is 0 Å². The zero-order valence-electron chi connectivity index (χ0n) is 13.5. The fourth-order valence-electron chi connectivity index (χ4n) is 2.11. The van der Waals surface area contributed by atoms with E-state index >= 15 is 0 Å². The Morgan fingerprint density at radius 3 is 2.38 bits per heavy atom. The van der Waals surface area contributed by atoms with E-state index in [2.05, 4.69) is 6.92 Å². The van der Waals surface area contributed by atoms with Gasteiger partial charge >= 0.3 is 5.97 Å². The van der Waals surface area contributed by atoms with Gasteiger partial charge in [0.1, 0.15) is 19.0 Å². The van der Waals surface area contributed by atoms with Crippen molar-refractivity contribution in [1.82, 2.24) is 0 Å². The molecule has 0 aromatic heterocycles. The first kappa shape index (κ1) is 17.9. The first-order valence-corrected chi connectivity index (χ1v) is 7.88. The Labute approximate surface area is 145 Å². The summed E-state index contributed by atoms with van der Waals surface area (Å²) in [7, 11) is 1.43. The minimum Gasteiger partial charge on any atom is -0.493 e. The first-order valence-electron chi connectivity index (χ1n) is 7.50. The van der Waals surface area contributed by atoms with E-state index < -0.39 is 5.97 Å². The highest BCUT2D eigenvalue weighted by atomic mass is 35.5. The smallest absolute Gasteiger partial charge is 0.335 e. The molecule has 2 aromatic carbocycles. The number of carboxylic acid groups (broad SMARTS) is 1. The third-order valence-corrected chi connectivity index (χ3v) is 3.69. The zero-order valence-corrected chi connectivity index (χ0v) is 14.3. The lowest BCUT2D eigenvalue weighted by molar-refractivity contribution is 0.0696. The predicted molar refractivity (Wildman–Crippen MR) is 91.8 cm³/mol. The van der Waals surface area contributed by atoms with Crippen molar-refractivity contribution in [3.05, 3.63) is 52.5 Å². The minimum absolute atomic E-state index is 0.0384. The van der Waals surface area contributed by atoms with Crippen molar-refractivity contribution in [3.63, 3.8) is 0 Å². The van der Waals surface area contributed by atoms with Crippen LogP contribution in [0.3, 0.4) is 0 Å². The molecule has 0 saturated heterocycles. The molecule has 0 aliphatic rings. The van der Waals surface area contributed by atoms with Gasteiger partial charge in [-0.25, -0.2) is 4.79 Å². The van der Waals surface area contributed by atoms with Crippen molar-refractivity contribution < 1.29 is 24.1 Å². The standard InChI is InChI=1S/C18H19ClO5/c1-3-12-4-6-14(7-5-12)23-8-9-24-17-15(19)10-13(18(20)21)11-16(17)22-2/h4-7,10-11H,3,8-9H2,1-2H3,(H,20,21). The molecule has 0 amide bonds. The van der Waals surface area contributed by atoms with Crippen molar-refractivity contribution in [3.8, 4) is 17.2 Å². The molecular formula is C18H19ClO5. The summed E-state index contributed by atoms with van der Waals surface area (Å²) in [6.07, 6.45) is 0.980. The SMILES string of the molecule is CCc1ccc(OCCOc2c(Cl)cc(C(=O)O)cc2OC)cc1. The van der Waals surface area contributed by atoms with Crippen LogP contribution in [0.25, 0.3) is 0 Å². The van der Waals surface area contributed by atoms with Gasteiger partial charge in [-0.1, -0.05) is 30.7 Å². The van der Waals surface area contributed by atoms with Crippen LogP contribution in [-0.4, -0.2) is 31.4 Å². The lowest BCUT2D eigenvalue weighted by Gasteiger charge is -2.13. The van der Waals surface area contributed by atoms with Crippen molar-refractivity contribution in [1.29, 1.82) is 0 Å². The number of aromatic carboxylic acids is 1. The first-order chi connectivity index (χ1) is 11.5. The summed E-state index contributed by atoms with van der Waals surface area (Å²) < 4.78 is 16.3. The van der Waals surface area contributed by atoms with Crippen LogP contribution in [0.15, 0.2) is 36.4 Å². The Hall–Kier alpha value is -2.40. The summed E-state index contributed by atoms with van der Waals surface area (Å²) in [5.41, 5.74) is 1.28. The van der Waals surface area contributed by atoms with Gasteiger partial charge in [-0.2, -0.15) is 0 Å². The molecule has 0 fully saturated rings. The monoisotopic (exact) mass is 350 g/mol. The number of benzene rings is 2. The highest BCUT2D eigenvalue weighted by Gasteiger charge is 2.15. The molecule has 24 heavy (non-hydrogen) atoms. The third kappa shape index (κ3) is 4.55. The molecule has 0 unspecified atom stereocenters. The normalized spacial score (nSPS) is 10.3. The second-order valence-electron chi connectivity index (χ2n) is 4.99. The van der Waals surface area contributed by atoms with Gasteiger partial charge in [-0.3, -0.25) is 0 Å². The van der Waals surface area contributed by atoms with E-state index in [9.17, 15) is 4.79 Å². The Bertz CT molecular complexity index is 697. The molecule has 0 aliphatic carbocycles. The van der Waals surface area contributed by atoms with E-state index in [1.807, 2.05) is 24.3 Å². The summed E-state index contributed by atoms with van der Waals surface area (Å²) in [6, 6.07) is 10.5. The van der Waals surface area contributed by atoms with Crippen LogP contribution in [0.4, 0.5) is 0 Å². The number of carboxylic acids is 1. The van der Waals surface area contributed by atoms with Gasteiger partial charge in [0.15, 0.2) is 11.5 Å². The van der Waals surface area contributed by atoms with Crippen molar-refractivity contribution >= 4 is 17.6 Å². The van der Waals surface area contributed by atoms with Crippen LogP contribution in [0, 0.1) is 0 Å². The summed E-state index contributed by atoms with van der Waals surface area (Å²) in [4.78, 5) is 11.0. The number of ether oxygens (including phenoxy) is 3. The van der Waals surface area contributed by atoms with Crippen LogP contribution in [0.5, 0.6) is 17.2 Å². The largest absolute Gasteiger partial charge is 0.493 e. The van der Waals surface area contributed by atoms with Gasteiger partial charge in [0.2, 0.25) is 0 Å². The molecule has 128 valence electrons. The van der Waals surface area contributed by atoms with Gasteiger partial charge < -0.3 is 19.3 Å². The molecule has 2 rings (SSSR count). The molecule has 0 atom stereocenters. The maximum absolute atomic E-state index is 11.0. The van der Waals surface area contributed by atoms with Crippen molar-refractivity contribution in [2.45, 2.75) is 13.3 Å². The Morgan fingerprint density at radius 1 is 1.12 bits per heavy atom. The second kappa shape index (κ2) is 8.45. The summed E-state index contributed by atoms with van der Waals surface area (Å²) in [5, 5.41) is 9.20. The summed E-state index contributed by atoms with van der Waals surface area (Å²) in [5.74, 6) is 0.247. The number of hydrogen-bond donors (Lipinski definition) is 1. The van der Waals surface area contributed by atoms with Gasteiger partial charge in [0, 0.05) is 0 Å². The van der Waals surface area contributed by atoms with E-state index in [4.69, 9.17) is 30.9 Å². The molecule has 6 heteroatoms. The number of rotatable bonds is 8.